The fourth-order valence-electron chi connectivity index (χ4n) is 5.17. The van der Waals surface area contributed by atoms with E-state index in [0.717, 1.165) is 18.4 Å². The Bertz CT molecular complexity index is 1190. The lowest BCUT2D eigenvalue weighted by molar-refractivity contribution is -0.149. The summed E-state index contributed by atoms with van der Waals surface area (Å²) in [5.41, 5.74) is 1.02. The van der Waals surface area contributed by atoms with E-state index < -0.39 is 11.5 Å². The van der Waals surface area contributed by atoms with E-state index in [-0.39, 0.29) is 43.3 Å². The van der Waals surface area contributed by atoms with Crippen LogP contribution in [0.25, 0.3) is 0 Å². The Morgan fingerprint density at radius 2 is 1.91 bits per heavy atom. The highest BCUT2D eigenvalue weighted by Gasteiger charge is 2.59. The van der Waals surface area contributed by atoms with Crippen LogP contribution in [0.3, 0.4) is 0 Å². The molecule has 2 aromatic rings. The number of carbonyl (C=O) groups excluding carboxylic acids is 4. The van der Waals surface area contributed by atoms with Crippen molar-refractivity contribution in [3.63, 3.8) is 0 Å². The topological polar surface area (TPSA) is 96.0 Å². The van der Waals surface area contributed by atoms with Gasteiger partial charge in [-0.3, -0.25) is 19.2 Å². The van der Waals surface area contributed by atoms with Crippen molar-refractivity contribution in [3.05, 3.63) is 65.2 Å². The van der Waals surface area contributed by atoms with E-state index in [9.17, 15) is 19.2 Å². The first-order chi connectivity index (χ1) is 16.8. The third-order valence-corrected chi connectivity index (χ3v) is 7.21. The van der Waals surface area contributed by atoms with E-state index in [4.69, 9.17) is 4.74 Å². The fourth-order valence-corrected chi connectivity index (χ4v) is 5.17. The molecular weight excluding hydrogens is 446 g/mol. The lowest BCUT2D eigenvalue weighted by Gasteiger charge is -2.31. The molecule has 1 N–H and O–H groups in total. The summed E-state index contributed by atoms with van der Waals surface area (Å²) >= 11 is 0. The number of rotatable bonds is 7. The molecule has 8 nitrogen and oxygen atoms in total. The van der Waals surface area contributed by atoms with E-state index in [1.54, 1.807) is 18.2 Å². The van der Waals surface area contributed by atoms with E-state index >= 15 is 0 Å². The summed E-state index contributed by atoms with van der Waals surface area (Å²) in [7, 11) is 0. The van der Waals surface area contributed by atoms with Gasteiger partial charge in [0.2, 0.25) is 17.4 Å². The van der Waals surface area contributed by atoms with Gasteiger partial charge in [-0.2, -0.15) is 0 Å². The van der Waals surface area contributed by atoms with Gasteiger partial charge in [0.1, 0.15) is 13.3 Å². The average molecular weight is 476 g/mol. The molecule has 0 radical (unpaired) electrons. The molecule has 1 saturated heterocycles. The molecule has 1 saturated carbocycles. The summed E-state index contributed by atoms with van der Waals surface area (Å²) in [6, 6.07) is 14.9. The predicted octanol–water partition coefficient (Wildman–Crippen LogP) is 2.61. The van der Waals surface area contributed by atoms with E-state index in [1.807, 2.05) is 35.2 Å². The smallest absolute Gasteiger partial charge is 0.269 e. The van der Waals surface area contributed by atoms with Crippen LogP contribution in [0.1, 0.15) is 43.4 Å². The van der Waals surface area contributed by atoms with E-state index in [0.29, 0.717) is 29.3 Å². The summed E-state index contributed by atoms with van der Waals surface area (Å²) in [5, 5.41) is 2.69. The van der Waals surface area contributed by atoms with Crippen molar-refractivity contribution in [1.82, 2.24) is 9.80 Å². The number of ketones is 1. The molecule has 182 valence electrons. The molecule has 1 spiro atoms. The summed E-state index contributed by atoms with van der Waals surface area (Å²) in [6.45, 7) is 3.67. The molecule has 35 heavy (non-hydrogen) atoms. The molecule has 8 heteroatoms. The van der Waals surface area contributed by atoms with Crippen molar-refractivity contribution in [3.8, 4) is 0 Å². The molecule has 2 fully saturated rings. The van der Waals surface area contributed by atoms with Gasteiger partial charge in [0.05, 0.1) is 0 Å². The van der Waals surface area contributed by atoms with Gasteiger partial charge in [-0.05, 0) is 48.9 Å². The van der Waals surface area contributed by atoms with Crippen molar-refractivity contribution >= 4 is 29.2 Å². The minimum atomic E-state index is -1.71. The van der Waals surface area contributed by atoms with Crippen LogP contribution in [0.5, 0.6) is 0 Å². The maximum Gasteiger partial charge on any atom is 0.269 e. The van der Waals surface area contributed by atoms with Crippen molar-refractivity contribution in [2.75, 3.05) is 18.6 Å². The number of nitrogens with zero attached hydrogens (tertiary/aromatic N) is 2. The Morgan fingerprint density at radius 3 is 2.60 bits per heavy atom. The van der Waals surface area contributed by atoms with Crippen LogP contribution >= 0.6 is 0 Å². The van der Waals surface area contributed by atoms with Crippen molar-refractivity contribution in [2.24, 2.45) is 5.92 Å². The highest BCUT2D eigenvalue weighted by Crippen LogP contribution is 2.43. The number of ether oxygens (including phenoxy) is 1. The Labute approximate surface area is 204 Å². The Hall–Kier alpha value is -3.52. The zero-order valence-corrected chi connectivity index (χ0v) is 20.0. The number of benzene rings is 2. The zero-order valence-electron chi connectivity index (χ0n) is 20.0. The van der Waals surface area contributed by atoms with Gasteiger partial charge in [0.25, 0.3) is 5.91 Å². The van der Waals surface area contributed by atoms with Gasteiger partial charge in [-0.25, -0.2) is 0 Å². The van der Waals surface area contributed by atoms with Gasteiger partial charge < -0.3 is 19.9 Å². The zero-order chi connectivity index (χ0) is 24.7. The quantitative estimate of drug-likeness (QED) is 0.621. The molecule has 0 aromatic heterocycles. The molecule has 0 bridgehead atoms. The first-order valence-corrected chi connectivity index (χ1v) is 12.0. The lowest BCUT2D eigenvalue weighted by atomic mass is 9.94. The van der Waals surface area contributed by atoms with Gasteiger partial charge in [0.15, 0.2) is 5.78 Å². The highest BCUT2D eigenvalue weighted by molar-refractivity contribution is 6.15. The first kappa shape index (κ1) is 23.2. The Kier molecular flexibility index (Phi) is 5.92. The van der Waals surface area contributed by atoms with Gasteiger partial charge in [-0.15, -0.1) is 0 Å². The minimum Gasteiger partial charge on any atom is -0.334 e. The van der Waals surface area contributed by atoms with Crippen LogP contribution in [0, 0.1) is 5.92 Å². The molecule has 3 aliphatic rings. The molecule has 1 aliphatic heterocycles. The van der Waals surface area contributed by atoms with Crippen LogP contribution in [-0.4, -0.2) is 52.6 Å². The fraction of sp³-hybridized carbons (Fsp3) is 0.407. The van der Waals surface area contributed by atoms with Crippen molar-refractivity contribution < 1.29 is 23.9 Å². The van der Waals surface area contributed by atoms with Gasteiger partial charge in [0, 0.05) is 37.2 Å². The third kappa shape index (κ3) is 4.23. The summed E-state index contributed by atoms with van der Waals surface area (Å²) < 4.78 is 5.87. The van der Waals surface area contributed by atoms with Gasteiger partial charge in [-0.1, -0.05) is 36.4 Å². The van der Waals surface area contributed by atoms with Crippen LogP contribution in [0.2, 0.25) is 0 Å². The standard InChI is InChI=1S/C27H29N3O5/c1-17(20-8-9-20)30(14-19-6-4-3-5-7-19)25(33)15-29-16-35-27(26(29)34)23-11-10-22(28-18(2)31)12-21(23)13-24(27)32/h3-7,10-12,17,20H,8-9,13-16H2,1-2H3,(H,28,31)/t17?,27-/m1/s1. The minimum absolute atomic E-state index is 0.0368. The van der Waals surface area contributed by atoms with Crippen molar-refractivity contribution in [1.29, 1.82) is 0 Å². The third-order valence-electron chi connectivity index (χ3n) is 7.21. The molecular formula is C27H29N3O5. The van der Waals surface area contributed by atoms with E-state index in [2.05, 4.69) is 12.2 Å². The second-order valence-electron chi connectivity index (χ2n) is 9.70. The highest BCUT2D eigenvalue weighted by atomic mass is 16.5. The second-order valence-corrected chi connectivity index (χ2v) is 9.70. The van der Waals surface area contributed by atoms with Crippen LogP contribution < -0.4 is 5.32 Å². The monoisotopic (exact) mass is 475 g/mol. The summed E-state index contributed by atoms with van der Waals surface area (Å²) in [6.07, 6.45) is 2.23. The molecule has 1 unspecified atom stereocenters. The molecule has 2 aromatic carbocycles. The second kappa shape index (κ2) is 8.92. The van der Waals surface area contributed by atoms with E-state index in [1.165, 1.54) is 11.8 Å². The Balaban J connectivity index is 1.35. The maximum atomic E-state index is 13.5. The normalized spacial score (nSPS) is 21.8. The predicted molar refractivity (Wildman–Crippen MR) is 128 cm³/mol. The number of Topliss-reactive ketones (excluding diaryl/α,β-unsaturated/α-hetero) is 1. The number of nitrogens with one attached hydrogen (secondary N) is 1. The summed E-state index contributed by atoms with van der Waals surface area (Å²) in [4.78, 5) is 54.6. The van der Waals surface area contributed by atoms with Crippen molar-refractivity contribution in [2.45, 2.75) is 51.3 Å². The average Bonchev–Trinajstić information content (AvgIpc) is 3.58. The maximum absolute atomic E-state index is 13.5. The molecule has 2 aliphatic carbocycles. The lowest BCUT2D eigenvalue weighted by Crippen LogP contribution is -2.48. The first-order valence-electron chi connectivity index (χ1n) is 12.0. The number of fused-ring (bicyclic) bond motifs is 2. The number of carbonyl (C=O) groups is 4. The molecule has 2 atom stereocenters. The molecule has 3 amide bonds. The van der Waals surface area contributed by atoms with Gasteiger partial charge >= 0.3 is 0 Å². The number of hydrogen-bond donors (Lipinski definition) is 1. The number of anilines is 1. The largest absolute Gasteiger partial charge is 0.334 e. The Morgan fingerprint density at radius 1 is 1.17 bits per heavy atom. The van der Waals surface area contributed by atoms with Crippen LogP contribution in [-0.2, 0) is 42.5 Å². The SMILES string of the molecule is CC(=O)Nc1ccc2c(c1)CC(=O)[C@]21OCN(CC(=O)N(Cc2ccccc2)C(C)C2CC2)C1=O. The number of amides is 3. The summed E-state index contributed by atoms with van der Waals surface area (Å²) in [5.74, 6) is -0.752. The molecule has 5 rings (SSSR count). The number of hydrogen-bond acceptors (Lipinski definition) is 5. The molecule has 1 heterocycles. The van der Waals surface area contributed by atoms with Crippen LogP contribution in [0.4, 0.5) is 5.69 Å². The van der Waals surface area contributed by atoms with Crippen LogP contribution in [0.15, 0.2) is 48.5 Å².